The Hall–Kier alpha value is -3.54. The monoisotopic (exact) mass is 396 g/mol. The van der Waals surface area contributed by atoms with E-state index >= 15 is 0 Å². The first-order chi connectivity index (χ1) is 14.6. The third kappa shape index (κ3) is 4.89. The summed E-state index contributed by atoms with van der Waals surface area (Å²) in [5.74, 6) is 1.35. The van der Waals surface area contributed by atoms with Gasteiger partial charge in [-0.1, -0.05) is 12.1 Å². The van der Waals surface area contributed by atoms with E-state index in [1.54, 1.807) is 6.20 Å². The molecule has 0 aliphatic carbocycles. The van der Waals surface area contributed by atoms with Gasteiger partial charge in [0, 0.05) is 34.7 Å². The summed E-state index contributed by atoms with van der Waals surface area (Å²) in [7, 11) is 0. The molecule has 0 aliphatic rings. The average molecular weight is 396 g/mol. The van der Waals surface area contributed by atoms with Crippen molar-refractivity contribution >= 4 is 0 Å². The summed E-state index contributed by atoms with van der Waals surface area (Å²) < 4.78 is 0. The normalized spacial score (nSPS) is 10.9. The summed E-state index contributed by atoms with van der Waals surface area (Å²) in [5, 5.41) is 0. The Morgan fingerprint density at radius 1 is 0.600 bits per heavy atom. The van der Waals surface area contributed by atoms with Crippen LogP contribution in [-0.2, 0) is 12.8 Å². The number of nitrogens with zero attached hydrogens (tertiary/aromatic N) is 6. The van der Waals surface area contributed by atoms with Gasteiger partial charge in [-0.2, -0.15) is 0 Å². The first-order valence-electron chi connectivity index (χ1n) is 10.1. The lowest BCUT2D eigenvalue weighted by atomic mass is 10.1. The van der Waals surface area contributed by atoms with Gasteiger partial charge in [0.05, 0.1) is 0 Å². The lowest BCUT2D eigenvalue weighted by Crippen LogP contribution is -2.00. The Morgan fingerprint density at radius 3 is 2.00 bits per heavy atom. The van der Waals surface area contributed by atoms with Crippen LogP contribution in [0.1, 0.15) is 34.9 Å². The largest absolute Gasteiger partial charge is 0.250 e. The van der Waals surface area contributed by atoms with Gasteiger partial charge in [-0.15, -0.1) is 0 Å². The maximum atomic E-state index is 4.76. The molecule has 0 amide bonds. The SMILES string of the molecule is Cc1cccc(-c2nccc(CCCc3cccc(-c4nc(C)cc(C)n4)n3)n2)n1. The van der Waals surface area contributed by atoms with Crippen LogP contribution in [0.5, 0.6) is 0 Å². The topological polar surface area (TPSA) is 77.3 Å². The summed E-state index contributed by atoms with van der Waals surface area (Å²) >= 11 is 0. The highest BCUT2D eigenvalue weighted by Crippen LogP contribution is 2.16. The smallest absolute Gasteiger partial charge is 0.178 e. The van der Waals surface area contributed by atoms with Gasteiger partial charge in [-0.05, 0) is 76.4 Å². The second kappa shape index (κ2) is 8.86. The second-order valence-corrected chi connectivity index (χ2v) is 7.38. The molecule has 4 heterocycles. The molecule has 4 rings (SSSR count). The number of aryl methyl sites for hydroxylation is 5. The highest BCUT2D eigenvalue weighted by atomic mass is 14.9. The van der Waals surface area contributed by atoms with Crippen molar-refractivity contribution < 1.29 is 0 Å². The second-order valence-electron chi connectivity index (χ2n) is 7.38. The van der Waals surface area contributed by atoms with Crippen molar-refractivity contribution in [3.63, 3.8) is 0 Å². The minimum atomic E-state index is 0.670. The fraction of sp³-hybridized carbons (Fsp3) is 0.250. The molecule has 0 radical (unpaired) electrons. The Balaban J connectivity index is 1.43. The molecule has 0 unspecified atom stereocenters. The predicted octanol–water partition coefficient (Wildman–Crippen LogP) is 4.49. The quantitative estimate of drug-likeness (QED) is 0.478. The number of pyridine rings is 2. The van der Waals surface area contributed by atoms with Crippen LogP contribution < -0.4 is 0 Å². The van der Waals surface area contributed by atoms with Crippen LogP contribution in [-0.4, -0.2) is 29.9 Å². The van der Waals surface area contributed by atoms with Crippen LogP contribution in [0.15, 0.2) is 54.7 Å². The van der Waals surface area contributed by atoms with Crippen LogP contribution in [0, 0.1) is 20.8 Å². The fourth-order valence-corrected chi connectivity index (χ4v) is 3.36. The van der Waals surface area contributed by atoms with E-state index in [1.807, 2.05) is 69.3 Å². The predicted molar refractivity (Wildman–Crippen MR) is 117 cm³/mol. The van der Waals surface area contributed by atoms with Crippen LogP contribution in [0.25, 0.3) is 23.0 Å². The summed E-state index contributed by atoms with van der Waals surface area (Å²) in [5.41, 5.74) is 6.52. The van der Waals surface area contributed by atoms with Crippen molar-refractivity contribution in [3.05, 3.63) is 83.2 Å². The highest BCUT2D eigenvalue weighted by molar-refractivity contribution is 5.50. The Kier molecular flexibility index (Phi) is 5.84. The van der Waals surface area contributed by atoms with Crippen molar-refractivity contribution in [2.75, 3.05) is 0 Å². The molecule has 0 saturated heterocycles. The fourth-order valence-electron chi connectivity index (χ4n) is 3.36. The molecule has 6 heteroatoms. The average Bonchev–Trinajstić information content (AvgIpc) is 2.74. The van der Waals surface area contributed by atoms with Gasteiger partial charge >= 0.3 is 0 Å². The van der Waals surface area contributed by atoms with Gasteiger partial charge < -0.3 is 0 Å². The van der Waals surface area contributed by atoms with Gasteiger partial charge in [-0.25, -0.2) is 29.9 Å². The molecule has 0 spiro atoms. The zero-order chi connectivity index (χ0) is 20.9. The summed E-state index contributed by atoms with van der Waals surface area (Å²) in [6.07, 6.45) is 4.47. The minimum absolute atomic E-state index is 0.670. The van der Waals surface area contributed by atoms with E-state index in [9.17, 15) is 0 Å². The van der Waals surface area contributed by atoms with E-state index < -0.39 is 0 Å². The molecule has 30 heavy (non-hydrogen) atoms. The number of hydrogen-bond acceptors (Lipinski definition) is 6. The molecule has 150 valence electrons. The summed E-state index contributed by atoms with van der Waals surface area (Å²) in [6, 6.07) is 15.9. The Labute approximate surface area is 176 Å². The maximum absolute atomic E-state index is 4.76. The third-order valence-electron chi connectivity index (χ3n) is 4.71. The lowest BCUT2D eigenvalue weighted by Gasteiger charge is -2.06. The van der Waals surface area contributed by atoms with Crippen LogP contribution >= 0.6 is 0 Å². The molecule has 0 aliphatic heterocycles. The van der Waals surface area contributed by atoms with E-state index in [2.05, 4.69) is 24.9 Å². The Bertz CT molecular complexity index is 1150. The van der Waals surface area contributed by atoms with E-state index in [0.717, 1.165) is 59.1 Å². The number of hydrogen-bond donors (Lipinski definition) is 0. The minimum Gasteiger partial charge on any atom is -0.250 e. The van der Waals surface area contributed by atoms with E-state index in [4.69, 9.17) is 4.98 Å². The molecule has 4 aromatic rings. The summed E-state index contributed by atoms with van der Waals surface area (Å²) in [6.45, 7) is 5.92. The number of aromatic nitrogens is 6. The van der Waals surface area contributed by atoms with Crippen molar-refractivity contribution in [1.29, 1.82) is 0 Å². The van der Waals surface area contributed by atoms with E-state index in [-0.39, 0.29) is 0 Å². The molecular formula is C24H24N6. The molecule has 0 bridgehead atoms. The highest BCUT2D eigenvalue weighted by Gasteiger charge is 2.08. The third-order valence-corrected chi connectivity index (χ3v) is 4.71. The van der Waals surface area contributed by atoms with Gasteiger partial charge in [0.2, 0.25) is 0 Å². The molecule has 0 atom stereocenters. The van der Waals surface area contributed by atoms with Crippen molar-refractivity contribution in [1.82, 2.24) is 29.9 Å². The molecule has 0 N–H and O–H groups in total. The standard InChI is InChI=1S/C24H24N6/c1-16-7-4-11-21(26-16)23-25-14-13-20(30-23)9-5-8-19-10-6-12-22(29-19)24-27-17(2)15-18(3)28-24/h4,6-7,10-15H,5,8-9H2,1-3H3. The van der Waals surface area contributed by atoms with Gasteiger partial charge in [0.25, 0.3) is 0 Å². The van der Waals surface area contributed by atoms with Crippen LogP contribution in [0.4, 0.5) is 0 Å². The number of rotatable bonds is 6. The van der Waals surface area contributed by atoms with Crippen molar-refractivity contribution in [2.24, 2.45) is 0 Å². The van der Waals surface area contributed by atoms with Gasteiger partial charge in [-0.3, -0.25) is 0 Å². The first kappa shape index (κ1) is 19.8. The molecule has 0 fully saturated rings. The molecule has 6 nitrogen and oxygen atoms in total. The molecule has 4 aromatic heterocycles. The van der Waals surface area contributed by atoms with Gasteiger partial charge in [0.15, 0.2) is 11.6 Å². The molecule has 0 aromatic carbocycles. The van der Waals surface area contributed by atoms with Crippen LogP contribution in [0.2, 0.25) is 0 Å². The van der Waals surface area contributed by atoms with Crippen LogP contribution in [0.3, 0.4) is 0 Å². The van der Waals surface area contributed by atoms with Gasteiger partial charge in [0.1, 0.15) is 11.4 Å². The first-order valence-corrected chi connectivity index (χ1v) is 10.1. The Morgan fingerprint density at radius 2 is 1.27 bits per heavy atom. The lowest BCUT2D eigenvalue weighted by molar-refractivity contribution is 0.778. The summed E-state index contributed by atoms with van der Waals surface area (Å²) in [4.78, 5) is 27.4. The van der Waals surface area contributed by atoms with E-state index in [1.165, 1.54) is 0 Å². The molecular weight excluding hydrogens is 372 g/mol. The van der Waals surface area contributed by atoms with E-state index in [0.29, 0.717) is 11.6 Å². The van der Waals surface area contributed by atoms with Crippen molar-refractivity contribution in [2.45, 2.75) is 40.0 Å². The maximum Gasteiger partial charge on any atom is 0.178 e. The molecule has 0 saturated carbocycles. The zero-order valence-electron chi connectivity index (χ0n) is 17.5. The zero-order valence-corrected chi connectivity index (χ0v) is 17.5. The van der Waals surface area contributed by atoms with Crippen molar-refractivity contribution in [3.8, 4) is 23.0 Å².